The number of aryl methyl sites for hydroxylation is 1. The maximum atomic E-state index is 12.4. The summed E-state index contributed by atoms with van der Waals surface area (Å²) in [4.78, 5) is 25.5. The number of likely N-dealkylation sites (N-methyl/N-ethyl adjacent to an activating group) is 1. The Bertz CT molecular complexity index is 743. The van der Waals surface area contributed by atoms with Crippen molar-refractivity contribution in [3.8, 4) is 5.75 Å². The molecular formula is C17H20ClN3O3. The van der Waals surface area contributed by atoms with Crippen LogP contribution < -0.4 is 10.3 Å². The smallest absolute Gasteiger partial charge is 0.274 e. The van der Waals surface area contributed by atoms with Crippen LogP contribution in [0.5, 0.6) is 5.75 Å². The van der Waals surface area contributed by atoms with Crippen molar-refractivity contribution in [1.82, 2.24) is 14.7 Å². The molecule has 24 heavy (non-hydrogen) atoms. The quantitative estimate of drug-likeness (QED) is 0.770. The maximum absolute atomic E-state index is 12.4. The highest BCUT2D eigenvalue weighted by atomic mass is 35.5. The Balaban J connectivity index is 1.93. The molecule has 0 spiro atoms. The fraction of sp³-hybridized carbons (Fsp3) is 0.353. The van der Waals surface area contributed by atoms with E-state index in [1.165, 1.54) is 21.7 Å². The lowest BCUT2D eigenvalue weighted by atomic mass is 10.3. The van der Waals surface area contributed by atoms with Gasteiger partial charge in [0.15, 0.2) is 0 Å². The van der Waals surface area contributed by atoms with Crippen molar-refractivity contribution < 1.29 is 9.53 Å². The number of carbonyl (C=O) groups excluding carboxylic acids is 1. The van der Waals surface area contributed by atoms with Crippen LogP contribution in [0.4, 0.5) is 0 Å². The molecule has 0 aliphatic carbocycles. The van der Waals surface area contributed by atoms with Gasteiger partial charge in [-0.15, -0.1) is 0 Å². The van der Waals surface area contributed by atoms with Gasteiger partial charge in [-0.25, -0.2) is 4.68 Å². The Hall–Kier alpha value is -2.34. The summed E-state index contributed by atoms with van der Waals surface area (Å²) in [5, 5.41) is 4.76. The molecule has 0 saturated heterocycles. The summed E-state index contributed by atoms with van der Waals surface area (Å²) in [6.07, 6.45) is 0.773. The number of halogens is 1. The first-order valence-corrected chi connectivity index (χ1v) is 8.11. The summed E-state index contributed by atoms with van der Waals surface area (Å²) in [7, 11) is 1.67. The number of benzene rings is 1. The van der Waals surface area contributed by atoms with E-state index >= 15 is 0 Å². The number of hydrogen-bond donors (Lipinski definition) is 0. The van der Waals surface area contributed by atoms with Crippen molar-refractivity contribution in [2.45, 2.75) is 19.9 Å². The highest BCUT2D eigenvalue weighted by Gasteiger charge is 2.14. The molecule has 0 fully saturated rings. The van der Waals surface area contributed by atoms with Gasteiger partial charge in [0.05, 0.1) is 6.54 Å². The molecule has 0 aliphatic rings. The molecule has 1 heterocycles. The predicted octanol–water partition coefficient (Wildman–Crippen LogP) is 2.46. The van der Waals surface area contributed by atoms with E-state index in [0.717, 1.165) is 6.42 Å². The Morgan fingerprint density at radius 2 is 1.96 bits per heavy atom. The second-order valence-electron chi connectivity index (χ2n) is 5.31. The van der Waals surface area contributed by atoms with Gasteiger partial charge in [-0.3, -0.25) is 9.59 Å². The van der Waals surface area contributed by atoms with Gasteiger partial charge >= 0.3 is 0 Å². The Morgan fingerprint density at radius 3 is 2.62 bits per heavy atom. The molecule has 1 amide bonds. The highest BCUT2D eigenvalue weighted by molar-refractivity contribution is 6.30. The third-order valence-corrected chi connectivity index (χ3v) is 3.63. The van der Waals surface area contributed by atoms with E-state index in [2.05, 4.69) is 5.10 Å². The van der Waals surface area contributed by atoms with Gasteiger partial charge < -0.3 is 9.64 Å². The summed E-state index contributed by atoms with van der Waals surface area (Å²) in [5.74, 6) is 0.439. The van der Waals surface area contributed by atoms with Crippen LogP contribution in [-0.4, -0.2) is 40.8 Å². The molecule has 1 aromatic carbocycles. The minimum Gasteiger partial charge on any atom is -0.492 e. The minimum absolute atomic E-state index is 0.206. The topological polar surface area (TPSA) is 64.4 Å². The number of aromatic nitrogens is 2. The molecule has 0 saturated carbocycles. The van der Waals surface area contributed by atoms with Gasteiger partial charge in [-0.05, 0) is 36.8 Å². The van der Waals surface area contributed by atoms with Gasteiger partial charge in [0.1, 0.15) is 18.1 Å². The van der Waals surface area contributed by atoms with Crippen molar-refractivity contribution in [3.63, 3.8) is 0 Å². The predicted molar refractivity (Wildman–Crippen MR) is 92.7 cm³/mol. The molecular weight excluding hydrogens is 330 g/mol. The second kappa shape index (κ2) is 8.49. The SMILES string of the molecule is CCCn1nc(C(=O)N(C)CCOc2ccc(Cl)cc2)ccc1=O. The molecule has 1 aromatic heterocycles. The van der Waals surface area contributed by atoms with Gasteiger partial charge in [0.25, 0.3) is 11.5 Å². The van der Waals surface area contributed by atoms with E-state index in [9.17, 15) is 9.59 Å². The minimum atomic E-state index is -0.250. The molecule has 0 radical (unpaired) electrons. The second-order valence-corrected chi connectivity index (χ2v) is 5.75. The molecule has 2 rings (SSSR count). The number of hydrogen-bond acceptors (Lipinski definition) is 4. The summed E-state index contributed by atoms with van der Waals surface area (Å²) >= 11 is 5.81. The van der Waals surface area contributed by atoms with Crippen LogP contribution in [0.3, 0.4) is 0 Å². The first-order valence-electron chi connectivity index (χ1n) is 7.73. The van der Waals surface area contributed by atoms with Crippen molar-refractivity contribution >= 4 is 17.5 Å². The summed E-state index contributed by atoms with van der Waals surface area (Å²) in [5.41, 5.74) is 0.0409. The van der Waals surface area contributed by atoms with Crippen LogP contribution in [0, 0.1) is 0 Å². The van der Waals surface area contributed by atoms with Crippen molar-refractivity contribution in [2.75, 3.05) is 20.2 Å². The van der Waals surface area contributed by atoms with E-state index in [-0.39, 0.29) is 17.2 Å². The van der Waals surface area contributed by atoms with Crippen LogP contribution in [0.15, 0.2) is 41.2 Å². The lowest BCUT2D eigenvalue weighted by Crippen LogP contribution is -2.33. The van der Waals surface area contributed by atoms with E-state index < -0.39 is 0 Å². The van der Waals surface area contributed by atoms with E-state index in [4.69, 9.17) is 16.3 Å². The third-order valence-electron chi connectivity index (χ3n) is 3.38. The van der Waals surface area contributed by atoms with Gasteiger partial charge in [0.2, 0.25) is 0 Å². The number of nitrogens with zero attached hydrogens (tertiary/aromatic N) is 3. The lowest BCUT2D eigenvalue weighted by Gasteiger charge is -2.17. The summed E-state index contributed by atoms with van der Waals surface area (Å²) in [6, 6.07) is 9.85. The summed E-state index contributed by atoms with van der Waals surface area (Å²) in [6.45, 7) is 3.18. The zero-order valence-electron chi connectivity index (χ0n) is 13.7. The molecule has 0 bridgehead atoms. The van der Waals surface area contributed by atoms with Gasteiger partial charge in [0, 0.05) is 24.7 Å². The summed E-state index contributed by atoms with van der Waals surface area (Å²) < 4.78 is 6.88. The molecule has 6 nitrogen and oxygen atoms in total. The number of ether oxygens (including phenoxy) is 1. The standard InChI is InChI=1S/C17H20ClN3O3/c1-3-10-21-16(22)9-8-15(19-21)17(23)20(2)11-12-24-14-6-4-13(18)5-7-14/h4-9H,3,10-12H2,1-2H3. The molecule has 0 atom stereocenters. The highest BCUT2D eigenvalue weighted by Crippen LogP contribution is 2.15. The van der Waals surface area contributed by atoms with Crippen LogP contribution in [0.25, 0.3) is 0 Å². The molecule has 0 N–H and O–H groups in total. The van der Waals surface area contributed by atoms with Crippen LogP contribution in [0.1, 0.15) is 23.8 Å². The lowest BCUT2D eigenvalue weighted by molar-refractivity contribution is 0.0765. The fourth-order valence-corrected chi connectivity index (χ4v) is 2.19. The van der Waals surface area contributed by atoms with E-state index in [1.54, 1.807) is 31.3 Å². The zero-order valence-corrected chi connectivity index (χ0v) is 14.5. The fourth-order valence-electron chi connectivity index (χ4n) is 2.06. The normalized spacial score (nSPS) is 10.5. The molecule has 128 valence electrons. The van der Waals surface area contributed by atoms with Crippen molar-refractivity contribution in [3.05, 3.63) is 57.5 Å². The van der Waals surface area contributed by atoms with E-state index in [1.807, 2.05) is 6.92 Å². The zero-order chi connectivity index (χ0) is 17.5. The van der Waals surface area contributed by atoms with E-state index in [0.29, 0.717) is 30.5 Å². The van der Waals surface area contributed by atoms with Crippen LogP contribution in [-0.2, 0) is 6.54 Å². The van der Waals surface area contributed by atoms with Gasteiger partial charge in [-0.2, -0.15) is 5.10 Å². The van der Waals surface area contributed by atoms with Gasteiger partial charge in [-0.1, -0.05) is 18.5 Å². The molecule has 7 heteroatoms. The average Bonchev–Trinajstić information content (AvgIpc) is 2.58. The number of amides is 1. The first-order chi connectivity index (χ1) is 11.5. The Labute approximate surface area is 145 Å². The molecule has 0 unspecified atom stereocenters. The number of rotatable bonds is 7. The molecule has 0 aliphatic heterocycles. The monoisotopic (exact) mass is 349 g/mol. The number of carbonyl (C=O) groups is 1. The van der Waals surface area contributed by atoms with Crippen LogP contribution >= 0.6 is 11.6 Å². The van der Waals surface area contributed by atoms with Crippen LogP contribution in [0.2, 0.25) is 5.02 Å². The largest absolute Gasteiger partial charge is 0.492 e. The van der Waals surface area contributed by atoms with Crippen molar-refractivity contribution in [2.24, 2.45) is 0 Å². The Kier molecular flexibility index (Phi) is 6.37. The molecule has 2 aromatic rings. The third kappa shape index (κ3) is 4.83. The first kappa shape index (κ1) is 18.0. The Morgan fingerprint density at radius 1 is 1.25 bits per heavy atom. The maximum Gasteiger partial charge on any atom is 0.274 e. The van der Waals surface area contributed by atoms with Crippen molar-refractivity contribution in [1.29, 1.82) is 0 Å². The average molecular weight is 350 g/mol.